The fraction of sp³-hybridized carbons (Fsp3) is 0.625. The Morgan fingerprint density at radius 2 is 2.04 bits per heavy atom. The van der Waals surface area contributed by atoms with Gasteiger partial charge in [-0.05, 0) is 32.0 Å². The van der Waals surface area contributed by atoms with E-state index in [2.05, 4.69) is 15.6 Å². The smallest absolute Gasteiger partial charge is 0.356 e. The predicted molar refractivity (Wildman–Crippen MR) is 85.7 cm³/mol. The number of carbonyl (C=O) groups is 1. The van der Waals surface area contributed by atoms with Crippen LogP contribution in [-0.2, 0) is 11.0 Å². The number of alkyl halides is 3. The van der Waals surface area contributed by atoms with Gasteiger partial charge in [-0.1, -0.05) is 6.92 Å². The minimum Gasteiger partial charge on any atom is -0.356 e. The highest BCUT2D eigenvalue weighted by atomic mass is 19.4. The van der Waals surface area contributed by atoms with Crippen molar-refractivity contribution in [2.75, 3.05) is 31.6 Å². The Morgan fingerprint density at radius 1 is 1.38 bits per heavy atom. The van der Waals surface area contributed by atoms with E-state index in [9.17, 15) is 18.0 Å². The van der Waals surface area contributed by atoms with Gasteiger partial charge in [-0.3, -0.25) is 4.79 Å². The summed E-state index contributed by atoms with van der Waals surface area (Å²) >= 11 is 0. The van der Waals surface area contributed by atoms with Crippen LogP contribution in [0.1, 0.15) is 25.3 Å². The summed E-state index contributed by atoms with van der Waals surface area (Å²) in [5, 5.41) is 6.00. The van der Waals surface area contributed by atoms with Gasteiger partial charge < -0.3 is 15.5 Å². The molecular weight excluding hydrogens is 321 g/mol. The van der Waals surface area contributed by atoms with Crippen LogP contribution in [0.2, 0.25) is 0 Å². The summed E-state index contributed by atoms with van der Waals surface area (Å²) < 4.78 is 37.7. The van der Waals surface area contributed by atoms with Gasteiger partial charge in [-0.15, -0.1) is 0 Å². The second kappa shape index (κ2) is 7.83. The van der Waals surface area contributed by atoms with E-state index in [-0.39, 0.29) is 17.9 Å². The number of halogens is 3. The van der Waals surface area contributed by atoms with Gasteiger partial charge in [0.25, 0.3) is 0 Å². The fourth-order valence-electron chi connectivity index (χ4n) is 2.74. The van der Waals surface area contributed by atoms with E-state index in [1.165, 1.54) is 6.07 Å². The zero-order valence-corrected chi connectivity index (χ0v) is 13.9. The Kier molecular flexibility index (Phi) is 6.04. The number of hydrogen-bond acceptors (Lipinski definition) is 4. The van der Waals surface area contributed by atoms with Crippen LogP contribution in [0.5, 0.6) is 0 Å². The molecule has 1 aliphatic rings. The van der Waals surface area contributed by atoms with Crippen molar-refractivity contribution in [2.45, 2.75) is 32.0 Å². The maximum atomic E-state index is 12.6. The summed E-state index contributed by atoms with van der Waals surface area (Å²) in [5.74, 6) is 0.469. The van der Waals surface area contributed by atoms with Gasteiger partial charge in [-0.25, -0.2) is 4.98 Å². The monoisotopic (exact) mass is 344 g/mol. The average Bonchev–Trinajstić information content (AvgIpc) is 2.55. The van der Waals surface area contributed by atoms with Gasteiger partial charge in [-0.2, -0.15) is 13.2 Å². The molecule has 2 heterocycles. The molecule has 5 nitrogen and oxygen atoms in total. The number of rotatable bonds is 5. The van der Waals surface area contributed by atoms with Gasteiger partial charge in [0.15, 0.2) is 0 Å². The normalized spacial score (nSPS) is 17.6. The molecular formula is C16H23F3N4O. The van der Waals surface area contributed by atoms with Gasteiger partial charge in [0, 0.05) is 37.8 Å². The van der Waals surface area contributed by atoms with E-state index in [0.29, 0.717) is 25.5 Å². The third-order valence-electron chi connectivity index (χ3n) is 4.20. The summed E-state index contributed by atoms with van der Waals surface area (Å²) in [5.41, 5.74) is -0.744. The summed E-state index contributed by atoms with van der Waals surface area (Å²) in [6, 6.07) is 2.55. The topological polar surface area (TPSA) is 57.3 Å². The summed E-state index contributed by atoms with van der Waals surface area (Å²) in [6.45, 7) is 3.81. The highest BCUT2D eigenvalue weighted by molar-refractivity contribution is 5.78. The second-order valence-electron chi connectivity index (χ2n) is 6.13. The Bertz CT molecular complexity index is 539. The van der Waals surface area contributed by atoms with Gasteiger partial charge in [0.1, 0.15) is 5.82 Å². The second-order valence-corrected chi connectivity index (χ2v) is 6.13. The SMILES string of the molecule is CNCC(C)C(=O)NC1CCN(c2ccc(C(F)(F)F)cn2)CC1. The summed E-state index contributed by atoms with van der Waals surface area (Å²) in [4.78, 5) is 17.9. The molecule has 8 heteroatoms. The molecule has 2 rings (SSSR count). The molecule has 1 unspecified atom stereocenters. The number of pyridine rings is 1. The highest BCUT2D eigenvalue weighted by Crippen LogP contribution is 2.29. The van der Waals surface area contributed by atoms with Gasteiger partial charge >= 0.3 is 6.18 Å². The van der Waals surface area contributed by atoms with E-state index in [1.54, 1.807) is 7.05 Å². The molecule has 24 heavy (non-hydrogen) atoms. The lowest BCUT2D eigenvalue weighted by Gasteiger charge is -2.33. The lowest BCUT2D eigenvalue weighted by Crippen LogP contribution is -2.47. The zero-order valence-electron chi connectivity index (χ0n) is 13.9. The van der Waals surface area contributed by atoms with Crippen molar-refractivity contribution in [3.63, 3.8) is 0 Å². The van der Waals surface area contributed by atoms with Crippen LogP contribution in [0.15, 0.2) is 18.3 Å². The first kappa shape index (κ1) is 18.5. The zero-order chi connectivity index (χ0) is 17.7. The summed E-state index contributed by atoms with van der Waals surface area (Å²) in [6.07, 6.45) is -2.00. The van der Waals surface area contributed by atoms with Crippen molar-refractivity contribution in [3.05, 3.63) is 23.9 Å². The molecule has 0 aliphatic carbocycles. The van der Waals surface area contributed by atoms with E-state index in [0.717, 1.165) is 25.1 Å². The number of piperidine rings is 1. The molecule has 0 spiro atoms. The Morgan fingerprint density at radius 3 is 2.54 bits per heavy atom. The standard InChI is InChI=1S/C16H23F3N4O/c1-11(9-20-2)15(24)22-13-5-7-23(8-6-13)14-4-3-12(10-21-14)16(17,18)19/h3-4,10-11,13,20H,5-9H2,1-2H3,(H,22,24). The number of anilines is 1. The van der Waals surface area contributed by atoms with Gasteiger partial charge in [0.2, 0.25) is 5.91 Å². The van der Waals surface area contributed by atoms with Crippen LogP contribution in [0.4, 0.5) is 19.0 Å². The molecule has 2 N–H and O–H groups in total. The number of carbonyl (C=O) groups excluding carboxylic acids is 1. The molecule has 1 fully saturated rings. The number of aromatic nitrogens is 1. The summed E-state index contributed by atoms with van der Waals surface area (Å²) in [7, 11) is 1.80. The first-order chi connectivity index (χ1) is 11.3. The molecule has 0 aromatic carbocycles. The number of hydrogen-bond donors (Lipinski definition) is 2. The van der Waals surface area contributed by atoms with Crippen molar-refractivity contribution in [2.24, 2.45) is 5.92 Å². The van der Waals surface area contributed by atoms with Crippen LogP contribution in [0.25, 0.3) is 0 Å². The number of amides is 1. The molecule has 0 bridgehead atoms. The van der Waals surface area contributed by atoms with Crippen LogP contribution in [0, 0.1) is 5.92 Å². The molecule has 1 aromatic heterocycles. The number of nitrogens with one attached hydrogen (secondary N) is 2. The highest BCUT2D eigenvalue weighted by Gasteiger charge is 2.31. The van der Waals surface area contributed by atoms with E-state index in [4.69, 9.17) is 0 Å². The first-order valence-electron chi connectivity index (χ1n) is 8.04. The molecule has 134 valence electrons. The van der Waals surface area contributed by atoms with Crippen LogP contribution < -0.4 is 15.5 Å². The largest absolute Gasteiger partial charge is 0.417 e. The maximum Gasteiger partial charge on any atom is 0.417 e. The Balaban J connectivity index is 1.85. The molecule has 0 radical (unpaired) electrons. The lowest BCUT2D eigenvalue weighted by molar-refractivity contribution is -0.137. The third-order valence-corrected chi connectivity index (χ3v) is 4.20. The molecule has 1 saturated heterocycles. The maximum absolute atomic E-state index is 12.6. The third kappa shape index (κ3) is 4.83. The molecule has 1 aliphatic heterocycles. The van der Waals surface area contributed by atoms with Crippen molar-refractivity contribution < 1.29 is 18.0 Å². The minimum atomic E-state index is -4.37. The molecule has 1 aromatic rings. The quantitative estimate of drug-likeness (QED) is 0.858. The van der Waals surface area contributed by atoms with E-state index in [1.807, 2.05) is 11.8 Å². The van der Waals surface area contributed by atoms with E-state index < -0.39 is 11.7 Å². The van der Waals surface area contributed by atoms with Crippen LogP contribution in [0.3, 0.4) is 0 Å². The predicted octanol–water partition coefficient (Wildman–Crippen LogP) is 2.04. The van der Waals surface area contributed by atoms with Crippen molar-refractivity contribution >= 4 is 11.7 Å². The van der Waals surface area contributed by atoms with Gasteiger partial charge in [0.05, 0.1) is 5.56 Å². The van der Waals surface area contributed by atoms with E-state index >= 15 is 0 Å². The molecule has 0 saturated carbocycles. The minimum absolute atomic E-state index is 0.0236. The fourth-order valence-corrected chi connectivity index (χ4v) is 2.74. The van der Waals surface area contributed by atoms with Crippen LogP contribution >= 0.6 is 0 Å². The van der Waals surface area contributed by atoms with Crippen LogP contribution in [-0.4, -0.2) is 43.6 Å². The van der Waals surface area contributed by atoms with Crippen molar-refractivity contribution in [1.82, 2.24) is 15.6 Å². The molecule has 1 atom stereocenters. The first-order valence-corrected chi connectivity index (χ1v) is 8.04. The number of nitrogens with zero attached hydrogens (tertiary/aromatic N) is 2. The van der Waals surface area contributed by atoms with Crippen molar-refractivity contribution in [3.8, 4) is 0 Å². The average molecular weight is 344 g/mol. The lowest BCUT2D eigenvalue weighted by atomic mass is 10.0. The molecule has 1 amide bonds. The van der Waals surface area contributed by atoms with Crippen molar-refractivity contribution in [1.29, 1.82) is 0 Å². The Labute approximate surface area is 139 Å². The Hall–Kier alpha value is -1.83.